The van der Waals surface area contributed by atoms with Crippen molar-refractivity contribution in [1.82, 2.24) is 15.0 Å². The van der Waals surface area contributed by atoms with Gasteiger partial charge in [0.25, 0.3) is 0 Å². The average molecular weight is 445 g/mol. The number of nitrogens with one attached hydrogen (secondary N) is 1. The number of halogens is 3. The van der Waals surface area contributed by atoms with E-state index >= 15 is 0 Å². The fourth-order valence-electron chi connectivity index (χ4n) is 2.59. The van der Waals surface area contributed by atoms with Gasteiger partial charge in [-0.3, -0.25) is 0 Å². The maximum atomic E-state index is 6.36. The molecule has 1 aromatic carbocycles. The molecule has 2 rings (SSSR count). The fourth-order valence-corrected chi connectivity index (χ4v) is 2.84. The summed E-state index contributed by atoms with van der Waals surface area (Å²) in [5.74, 6) is 0.846. The minimum atomic E-state index is -1.76. The van der Waals surface area contributed by atoms with Gasteiger partial charge < -0.3 is 11.1 Å². The summed E-state index contributed by atoms with van der Waals surface area (Å²) in [4.78, 5) is 13.2. The van der Waals surface area contributed by atoms with E-state index in [1.54, 1.807) is 0 Å². The molecule has 28 heavy (non-hydrogen) atoms. The topological polar surface area (TPSA) is 76.7 Å². The van der Waals surface area contributed by atoms with Gasteiger partial charge in [0.05, 0.1) is 0 Å². The third-order valence-electron chi connectivity index (χ3n) is 4.90. The van der Waals surface area contributed by atoms with Crippen LogP contribution in [0.5, 0.6) is 0 Å². The number of nitrogens with two attached hydrogens (primary N) is 1. The molecule has 0 radical (unpaired) electrons. The average Bonchev–Trinajstić information content (AvgIpc) is 2.64. The number of hydrogen-bond donors (Lipinski definition) is 2. The number of rotatable bonds is 6. The number of alkyl halides is 3. The Balaban J connectivity index is 2.41. The third kappa shape index (κ3) is 5.93. The lowest BCUT2D eigenvalue weighted by atomic mass is 9.87. The highest BCUT2D eigenvalue weighted by molar-refractivity contribution is 6.66. The van der Waals surface area contributed by atoms with Crippen LogP contribution < -0.4 is 11.1 Å². The number of benzene rings is 1. The Hall–Kier alpha value is -1.14. The molecule has 0 saturated carbocycles. The fraction of sp³-hybridized carbons (Fsp3) is 0.550. The van der Waals surface area contributed by atoms with Crippen LogP contribution >= 0.6 is 34.8 Å². The van der Waals surface area contributed by atoms with Crippen molar-refractivity contribution in [3.05, 3.63) is 35.7 Å². The van der Waals surface area contributed by atoms with Crippen LogP contribution in [0.1, 0.15) is 58.8 Å². The number of aromatic nitrogens is 3. The van der Waals surface area contributed by atoms with Crippen LogP contribution in [0.15, 0.2) is 24.3 Å². The molecule has 0 amide bonds. The molecule has 0 saturated heterocycles. The molecule has 154 valence electrons. The molecule has 0 fully saturated rings. The maximum Gasteiger partial charge on any atom is 0.250 e. The van der Waals surface area contributed by atoms with E-state index < -0.39 is 3.79 Å². The second-order valence-corrected chi connectivity index (χ2v) is 10.3. The highest BCUT2D eigenvalue weighted by atomic mass is 35.6. The lowest BCUT2D eigenvalue weighted by Gasteiger charge is -2.27. The molecular formula is C20H28Cl3N5. The zero-order valence-electron chi connectivity index (χ0n) is 17.0. The highest BCUT2D eigenvalue weighted by Gasteiger charge is 2.29. The second-order valence-electron chi connectivity index (χ2n) is 8.05. The van der Waals surface area contributed by atoms with E-state index in [1.165, 1.54) is 5.56 Å². The van der Waals surface area contributed by atoms with Crippen molar-refractivity contribution in [1.29, 1.82) is 0 Å². The molecule has 0 unspecified atom stereocenters. The largest absolute Gasteiger partial charge is 0.352 e. The Morgan fingerprint density at radius 3 is 1.96 bits per heavy atom. The first-order chi connectivity index (χ1) is 12.9. The molecule has 5 nitrogen and oxygen atoms in total. The summed E-state index contributed by atoms with van der Waals surface area (Å²) in [6.07, 6.45) is 1.64. The lowest BCUT2D eigenvalue weighted by Crippen LogP contribution is -2.45. The first-order valence-corrected chi connectivity index (χ1v) is 10.5. The van der Waals surface area contributed by atoms with E-state index in [0.717, 1.165) is 18.4 Å². The quantitative estimate of drug-likeness (QED) is 0.568. The van der Waals surface area contributed by atoms with Crippen molar-refractivity contribution in [2.24, 2.45) is 5.73 Å². The molecule has 0 spiro atoms. The third-order valence-corrected chi connectivity index (χ3v) is 5.41. The Bertz CT molecular complexity index is 791. The van der Waals surface area contributed by atoms with Crippen LogP contribution in [0.25, 0.3) is 11.4 Å². The van der Waals surface area contributed by atoms with Crippen molar-refractivity contribution in [2.75, 3.05) is 11.9 Å². The van der Waals surface area contributed by atoms with Gasteiger partial charge in [0.1, 0.15) is 0 Å². The standard InChI is InChI=1S/C20H28Cl3N5/c1-6-19(24,7-2)12-25-17-27-15(26-16(28-17)20(21,22)23)13-8-10-14(11-9-13)18(3,4)5/h8-11H,6-7,12,24H2,1-5H3,(H,25,26,27,28). The molecule has 0 bridgehead atoms. The summed E-state index contributed by atoms with van der Waals surface area (Å²) in [7, 11) is 0. The molecule has 0 atom stereocenters. The van der Waals surface area contributed by atoms with Gasteiger partial charge in [0, 0.05) is 17.6 Å². The molecule has 0 aliphatic carbocycles. The second kappa shape index (κ2) is 8.70. The van der Waals surface area contributed by atoms with Crippen LogP contribution in [0, 0.1) is 0 Å². The molecule has 3 N–H and O–H groups in total. The Morgan fingerprint density at radius 1 is 0.929 bits per heavy atom. The molecule has 2 aromatic rings. The Labute approximate surface area is 182 Å². The predicted molar refractivity (Wildman–Crippen MR) is 119 cm³/mol. The van der Waals surface area contributed by atoms with Crippen LogP contribution in [-0.4, -0.2) is 27.0 Å². The smallest absolute Gasteiger partial charge is 0.250 e. The van der Waals surface area contributed by atoms with Crippen LogP contribution in [0.2, 0.25) is 0 Å². The van der Waals surface area contributed by atoms with Gasteiger partial charge in [-0.05, 0) is 23.8 Å². The summed E-state index contributed by atoms with van der Waals surface area (Å²) < 4.78 is -1.76. The highest BCUT2D eigenvalue weighted by Crippen LogP contribution is 2.37. The molecule has 1 aromatic heterocycles. The van der Waals surface area contributed by atoms with E-state index in [1.807, 2.05) is 26.0 Å². The van der Waals surface area contributed by atoms with Crippen molar-refractivity contribution in [2.45, 2.75) is 62.2 Å². The van der Waals surface area contributed by atoms with Crippen molar-refractivity contribution in [3.63, 3.8) is 0 Å². The maximum absolute atomic E-state index is 6.36. The first kappa shape index (κ1) is 23.1. The zero-order valence-corrected chi connectivity index (χ0v) is 19.3. The van der Waals surface area contributed by atoms with Gasteiger partial charge in [0.2, 0.25) is 9.74 Å². The Morgan fingerprint density at radius 2 is 1.50 bits per heavy atom. The van der Waals surface area contributed by atoms with Gasteiger partial charge in [-0.25, -0.2) is 4.98 Å². The number of hydrogen-bond acceptors (Lipinski definition) is 5. The minimum Gasteiger partial charge on any atom is -0.352 e. The van der Waals surface area contributed by atoms with E-state index in [4.69, 9.17) is 40.5 Å². The monoisotopic (exact) mass is 443 g/mol. The van der Waals surface area contributed by atoms with Gasteiger partial charge >= 0.3 is 0 Å². The van der Waals surface area contributed by atoms with E-state index in [9.17, 15) is 0 Å². The summed E-state index contributed by atoms with van der Waals surface area (Å²) in [6, 6.07) is 8.04. The SMILES string of the molecule is CCC(N)(CC)CNc1nc(-c2ccc(C(C)(C)C)cc2)nc(C(Cl)(Cl)Cl)n1. The normalized spacial score (nSPS) is 12.9. The molecular weight excluding hydrogens is 417 g/mol. The van der Waals surface area contributed by atoms with E-state index in [0.29, 0.717) is 18.3 Å². The molecule has 1 heterocycles. The predicted octanol–water partition coefficient (Wildman–Crippen LogP) is 5.59. The summed E-state index contributed by atoms with van der Waals surface area (Å²) in [5.41, 5.74) is 8.09. The van der Waals surface area contributed by atoms with E-state index in [2.05, 4.69) is 53.2 Å². The van der Waals surface area contributed by atoms with Crippen molar-refractivity contribution >= 4 is 40.8 Å². The van der Waals surface area contributed by atoms with Gasteiger partial charge in [-0.15, -0.1) is 0 Å². The Kier molecular flexibility index (Phi) is 7.19. The first-order valence-electron chi connectivity index (χ1n) is 9.35. The van der Waals surface area contributed by atoms with Crippen LogP contribution in [-0.2, 0) is 9.21 Å². The van der Waals surface area contributed by atoms with E-state index in [-0.39, 0.29) is 16.8 Å². The van der Waals surface area contributed by atoms with Gasteiger partial charge in [-0.2, -0.15) is 9.97 Å². The minimum absolute atomic E-state index is 0.0534. The number of nitrogens with zero attached hydrogens (tertiary/aromatic N) is 3. The van der Waals surface area contributed by atoms with Crippen LogP contribution in [0.4, 0.5) is 5.95 Å². The summed E-state index contributed by atoms with van der Waals surface area (Å²) in [5, 5.41) is 3.18. The lowest BCUT2D eigenvalue weighted by molar-refractivity contribution is 0.417. The van der Waals surface area contributed by atoms with Crippen molar-refractivity contribution in [3.8, 4) is 11.4 Å². The summed E-state index contributed by atoms with van der Waals surface area (Å²) >= 11 is 18.1. The van der Waals surface area contributed by atoms with Gasteiger partial charge in [0.15, 0.2) is 11.6 Å². The zero-order chi connectivity index (χ0) is 21.2. The van der Waals surface area contributed by atoms with Gasteiger partial charge in [-0.1, -0.05) is 93.7 Å². The molecule has 0 aliphatic rings. The molecule has 8 heteroatoms. The van der Waals surface area contributed by atoms with Crippen LogP contribution in [0.3, 0.4) is 0 Å². The molecule has 0 aliphatic heterocycles. The summed E-state index contributed by atoms with van der Waals surface area (Å²) in [6.45, 7) is 11.1. The van der Waals surface area contributed by atoms with Crippen molar-refractivity contribution < 1.29 is 0 Å². The number of anilines is 1.